The van der Waals surface area contributed by atoms with Crippen molar-refractivity contribution >= 4 is 5.97 Å². The minimum Gasteiger partial charge on any atom is -0.465 e. The van der Waals surface area contributed by atoms with Crippen molar-refractivity contribution in [3.8, 4) is 0 Å². The number of carbonyl (C=O) groups is 1. The van der Waals surface area contributed by atoms with Gasteiger partial charge in [-0.25, -0.2) is 4.79 Å². The monoisotopic (exact) mass is 262 g/mol. The maximum absolute atomic E-state index is 11.5. The van der Waals surface area contributed by atoms with Gasteiger partial charge >= 0.3 is 5.97 Å². The summed E-state index contributed by atoms with van der Waals surface area (Å²) in [7, 11) is 1.42. The zero-order chi connectivity index (χ0) is 13.7. The van der Waals surface area contributed by atoms with Gasteiger partial charge in [0.15, 0.2) is 0 Å². The molecule has 1 aromatic carbocycles. The van der Waals surface area contributed by atoms with Crippen molar-refractivity contribution in [3.05, 3.63) is 35.4 Å². The lowest BCUT2D eigenvalue weighted by molar-refractivity contribution is 0.0600. The van der Waals surface area contributed by atoms with E-state index in [1.54, 1.807) is 6.07 Å². The van der Waals surface area contributed by atoms with Crippen LogP contribution in [0.4, 0.5) is 0 Å². The van der Waals surface area contributed by atoms with E-state index in [1.165, 1.54) is 12.7 Å². The number of nitrogens with one attached hydrogen (secondary N) is 1. The molecule has 1 fully saturated rings. The third-order valence-corrected chi connectivity index (χ3v) is 3.68. The van der Waals surface area contributed by atoms with Crippen LogP contribution in [0.15, 0.2) is 24.3 Å². The van der Waals surface area contributed by atoms with E-state index in [1.807, 2.05) is 12.1 Å². The van der Waals surface area contributed by atoms with Crippen molar-refractivity contribution in [2.24, 2.45) is 0 Å². The van der Waals surface area contributed by atoms with Crippen LogP contribution in [0.25, 0.3) is 0 Å². The van der Waals surface area contributed by atoms with Gasteiger partial charge in [-0.2, -0.15) is 0 Å². The highest BCUT2D eigenvalue weighted by Crippen LogP contribution is 2.14. The molecule has 1 aromatic rings. The molecule has 0 aromatic heterocycles. The molecule has 0 radical (unpaired) electrons. The van der Waals surface area contributed by atoms with E-state index in [2.05, 4.69) is 23.2 Å². The van der Waals surface area contributed by atoms with E-state index in [0.717, 1.165) is 32.6 Å². The Morgan fingerprint density at radius 2 is 2.37 bits per heavy atom. The number of methoxy groups -OCH3 is 1. The molecule has 2 rings (SSSR count). The van der Waals surface area contributed by atoms with Crippen molar-refractivity contribution < 1.29 is 9.53 Å². The fourth-order valence-corrected chi connectivity index (χ4v) is 2.56. The molecule has 0 amide bonds. The molecule has 104 valence electrons. The van der Waals surface area contributed by atoms with Crippen LogP contribution in [0.5, 0.6) is 0 Å². The molecule has 0 saturated carbocycles. The minimum atomic E-state index is -0.269. The first kappa shape index (κ1) is 14.0. The fourth-order valence-electron chi connectivity index (χ4n) is 2.56. The number of benzene rings is 1. The van der Waals surface area contributed by atoms with Crippen LogP contribution in [-0.2, 0) is 11.3 Å². The topological polar surface area (TPSA) is 41.6 Å². The number of rotatable bonds is 4. The number of ether oxygens (including phenoxy) is 1. The molecule has 1 heterocycles. The third kappa shape index (κ3) is 3.55. The molecular weight excluding hydrogens is 240 g/mol. The molecule has 1 aliphatic heterocycles. The van der Waals surface area contributed by atoms with Gasteiger partial charge < -0.3 is 10.1 Å². The first-order valence-electron chi connectivity index (χ1n) is 6.86. The number of hydrogen-bond donors (Lipinski definition) is 1. The minimum absolute atomic E-state index is 0.269. The van der Waals surface area contributed by atoms with Gasteiger partial charge in [-0.3, -0.25) is 4.90 Å². The number of nitrogens with zero attached hydrogens (tertiary/aromatic N) is 1. The maximum atomic E-state index is 11.5. The van der Waals surface area contributed by atoms with Crippen LogP contribution < -0.4 is 5.32 Å². The summed E-state index contributed by atoms with van der Waals surface area (Å²) in [6.07, 6.45) is 1.14. The molecule has 4 heteroatoms. The Balaban J connectivity index is 2.07. The van der Waals surface area contributed by atoms with E-state index in [9.17, 15) is 4.79 Å². The normalized spacial score (nSPS) is 20.2. The van der Waals surface area contributed by atoms with Crippen molar-refractivity contribution in [1.29, 1.82) is 0 Å². The molecule has 1 atom stereocenters. The largest absolute Gasteiger partial charge is 0.465 e. The van der Waals surface area contributed by atoms with Crippen molar-refractivity contribution in [2.45, 2.75) is 25.9 Å². The lowest BCUT2D eigenvalue weighted by atomic mass is 10.1. The molecule has 0 unspecified atom stereocenters. The molecule has 19 heavy (non-hydrogen) atoms. The SMILES string of the molecule is CC[C@H]1CNCCN1Cc1cccc(C(=O)OC)c1. The Kier molecular flexibility index (Phi) is 4.93. The van der Waals surface area contributed by atoms with E-state index >= 15 is 0 Å². The summed E-state index contributed by atoms with van der Waals surface area (Å²) in [5, 5.41) is 3.42. The predicted octanol–water partition coefficient (Wildman–Crippen LogP) is 1.66. The molecule has 1 N–H and O–H groups in total. The first-order valence-corrected chi connectivity index (χ1v) is 6.86. The van der Waals surface area contributed by atoms with Gasteiger partial charge in [0.05, 0.1) is 12.7 Å². The summed E-state index contributed by atoms with van der Waals surface area (Å²) in [6, 6.07) is 8.30. The van der Waals surface area contributed by atoms with E-state index < -0.39 is 0 Å². The molecular formula is C15H22N2O2. The van der Waals surface area contributed by atoms with Gasteiger partial charge in [0, 0.05) is 32.2 Å². The maximum Gasteiger partial charge on any atom is 0.337 e. The Labute approximate surface area is 114 Å². The highest BCUT2D eigenvalue weighted by atomic mass is 16.5. The molecule has 0 aliphatic carbocycles. The highest BCUT2D eigenvalue weighted by Gasteiger charge is 2.20. The average Bonchev–Trinajstić information content (AvgIpc) is 2.47. The summed E-state index contributed by atoms with van der Waals surface area (Å²) in [5.74, 6) is -0.269. The zero-order valence-electron chi connectivity index (χ0n) is 11.7. The quantitative estimate of drug-likeness (QED) is 0.838. The summed E-state index contributed by atoms with van der Waals surface area (Å²) < 4.78 is 4.76. The van der Waals surface area contributed by atoms with Crippen LogP contribution in [0.3, 0.4) is 0 Å². The second-order valence-corrected chi connectivity index (χ2v) is 4.93. The zero-order valence-corrected chi connectivity index (χ0v) is 11.7. The van der Waals surface area contributed by atoms with Crippen LogP contribution in [0.1, 0.15) is 29.3 Å². The van der Waals surface area contributed by atoms with Gasteiger partial charge in [0.1, 0.15) is 0 Å². The second kappa shape index (κ2) is 6.68. The summed E-state index contributed by atoms with van der Waals surface area (Å²) >= 11 is 0. The average molecular weight is 262 g/mol. The Morgan fingerprint density at radius 1 is 1.53 bits per heavy atom. The van der Waals surface area contributed by atoms with E-state index in [0.29, 0.717) is 11.6 Å². The van der Waals surface area contributed by atoms with E-state index in [4.69, 9.17) is 4.74 Å². The summed E-state index contributed by atoms with van der Waals surface area (Å²) in [4.78, 5) is 14.0. The second-order valence-electron chi connectivity index (χ2n) is 4.93. The molecule has 4 nitrogen and oxygen atoms in total. The number of hydrogen-bond acceptors (Lipinski definition) is 4. The molecule has 1 aliphatic rings. The third-order valence-electron chi connectivity index (χ3n) is 3.68. The van der Waals surface area contributed by atoms with Crippen LogP contribution >= 0.6 is 0 Å². The smallest absolute Gasteiger partial charge is 0.337 e. The van der Waals surface area contributed by atoms with Gasteiger partial charge in [0.25, 0.3) is 0 Å². The van der Waals surface area contributed by atoms with Gasteiger partial charge in [0.2, 0.25) is 0 Å². The highest BCUT2D eigenvalue weighted by molar-refractivity contribution is 5.89. The Bertz CT molecular complexity index is 434. The number of carbonyl (C=O) groups excluding carboxylic acids is 1. The van der Waals surface area contributed by atoms with E-state index in [-0.39, 0.29) is 5.97 Å². The predicted molar refractivity (Wildman–Crippen MR) is 75.1 cm³/mol. The summed E-state index contributed by atoms with van der Waals surface area (Å²) in [6.45, 7) is 6.25. The Hall–Kier alpha value is -1.39. The molecule has 1 saturated heterocycles. The van der Waals surface area contributed by atoms with Crippen molar-refractivity contribution in [1.82, 2.24) is 10.2 Å². The lowest BCUT2D eigenvalue weighted by Gasteiger charge is -2.35. The van der Waals surface area contributed by atoms with Gasteiger partial charge in [-0.15, -0.1) is 0 Å². The van der Waals surface area contributed by atoms with Crippen molar-refractivity contribution in [2.75, 3.05) is 26.7 Å². The van der Waals surface area contributed by atoms with Crippen LogP contribution in [-0.4, -0.2) is 43.7 Å². The van der Waals surface area contributed by atoms with Gasteiger partial charge in [-0.05, 0) is 24.1 Å². The number of esters is 1. The van der Waals surface area contributed by atoms with Crippen LogP contribution in [0, 0.1) is 0 Å². The fraction of sp³-hybridized carbons (Fsp3) is 0.533. The summed E-state index contributed by atoms with van der Waals surface area (Å²) in [5.41, 5.74) is 1.80. The Morgan fingerprint density at radius 3 is 3.11 bits per heavy atom. The van der Waals surface area contributed by atoms with Gasteiger partial charge in [-0.1, -0.05) is 19.1 Å². The lowest BCUT2D eigenvalue weighted by Crippen LogP contribution is -2.50. The number of piperazine rings is 1. The van der Waals surface area contributed by atoms with Crippen molar-refractivity contribution in [3.63, 3.8) is 0 Å². The molecule has 0 bridgehead atoms. The first-order chi connectivity index (χ1) is 9.24. The van der Waals surface area contributed by atoms with Crippen LogP contribution in [0.2, 0.25) is 0 Å². The molecule has 0 spiro atoms. The standard InChI is InChI=1S/C15H22N2O2/c1-3-14-10-16-7-8-17(14)11-12-5-4-6-13(9-12)15(18)19-2/h4-6,9,14,16H,3,7-8,10-11H2,1-2H3/t14-/m0/s1.